The van der Waals surface area contributed by atoms with Gasteiger partial charge in [0.2, 0.25) is 0 Å². The largest absolute Gasteiger partial charge is 0.326 e. The fraction of sp³-hybridized carbons (Fsp3) is 0.692. The average Bonchev–Trinajstić information content (AvgIpc) is 2.58. The van der Waals surface area contributed by atoms with Crippen LogP contribution in [0.15, 0.2) is 15.2 Å². The van der Waals surface area contributed by atoms with E-state index in [2.05, 4.69) is 46.1 Å². The SMILES string of the molecule is CC(C)N1CCCCC(N)C1c1csc(Br)c1. The van der Waals surface area contributed by atoms with E-state index in [1.165, 1.54) is 28.7 Å². The Morgan fingerprint density at radius 3 is 2.82 bits per heavy atom. The smallest absolute Gasteiger partial charge is 0.0701 e. The second-order valence-electron chi connectivity index (χ2n) is 5.12. The van der Waals surface area contributed by atoms with Crippen LogP contribution in [0.3, 0.4) is 0 Å². The van der Waals surface area contributed by atoms with Crippen LogP contribution in [0.4, 0.5) is 0 Å². The Morgan fingerprint density at radius 2 is 2.24 bits per heavy atom. The molecule has 2 unspecified atom stereocenters. The van der Waals surface area contributed by atoms with E-state index < -0.39 is 0 Å². The lowest BCUT2D eigenvalue weighted by Crippen LogP contribution is -2.43. The second-order valence-corrected chi connectivity index (χ2v) is 7.41. The minimum absolute atomic E-state index is 0.265. The maximum atomic E-state index is 6.40. The molecule has 1 saturated heterocycles. The number of thiophene rings is 1. The molecule has 0 bridgehead atoms. The van der Waals surface area contributed by atoms with Gasteiger partial charge in [0.05, 0.1) is 9.83 Å². The molecule has 96 valence electrons. The Labute approximate surface area is 116 Å². The Balaban J connectivity index is 2.29. The van der Waals surface area contributed by atoms with E-state index >= 15 is 0 Å². The van der Waals surface area contributed by atoms with E-state index in [1.54, 1.807) is 11.3 Å². The number of nitrogens with zero attached hydrogens (tertiary/aromatic N) is 1. The zero-order valence-corrected chi connectivity index (χ0v) is 12.9. The van der Waals surface area contributed by atoms with Crippen LogP contribution in [0.5, 0.6) is 0 Å². The summed E-state index contributed by atoms with van der Waals surface area (Å²) in [5.74, 6) is 0. The van der Waals surface area contributed by atoms with Crippen LogP contribution >= 0.6 is 27.3 Å². The number of hydrogen-bond donors (Lipinski definition) is 1. The van der Waals surface area contributed by atoms with E-state index in [-0.39, 0.29) is 6.04 Å². The molecule has 0 aliphatic carbocycles. The third-order valence-corrected chi connectivity index (χ3v) is 5.08. The van der Waals surface area contributed by atoms with Crippen molar-refractivity contribution in [3.05, 3.63) is 20.8 Å². The highest BCUT2D eigenvalue weighted by atomic mass is 79.9. The quantitative estimate of drug-likeness (QED) is 0.899. The van der Waals surface area contributed by atoms with E-state index in [4.69, 9.17) is 5.73 Å². The van der Waals surface area contributed by atoms with Crippen LogP contribution in [0, 0.1) is 0 Å². The fourth-order valence-electron chi connectivity index (χ4n) is 2.71. The van der Waals surface area contributed by atoms with Crippen LogP contribution in [-0.4, -0.2) is 23.5 Å². The Morgan fingerprint density at radius 1 is 1.47 bits per heavy atom. The Kier molecular flexibility index (Phi) is 4.64. The van der Waals surface area contributed by atoms with Gasteiger partial charge < -0.3 is 5.73 Å². The molecule has 0 spiro atoms. The summed E-state index contributed by atoms with van der Waals surface area (Å²) in [7, 11) is 0. The molecule has 1 aromatic rings. The molecule has 1 aromatic heterocycles. The molecule has 1 fully saturated rings. The van der Waals surface area contributed by atoms with Gasteiger partial charge in [0.15, 0.2) is 0 Å². The van der Waals surface area contributed by atoms with Gasteiger partial charge in [-0.3, -0.25) is 4.90 Å². The maximum Gasteiger partial charge on any atom is 0.0701 e. The van der Waals surface area contributed by atoms with Gasteiger partial charge >= 0.3 is 0 Å². The summed E-state index contributed by atoms with van der Waals surface area (Å²) in [5, 5.41) is 2.25. The second kappa shape index (κ2) is 5.83. The van der Waals surface area contributed by atoms with Gasteiger partial charge in [0, 0.05) is 12.1 Å². The molecule has 2 N–H and O–H groups in total. The van der Waals surface area contributed by atoms with Gasteiger partial charge in [-0.25, -0.2) is 0 Å². The lowest BCUT2D eigenvalue weighted by molar-refractivity contribution is 0.144. The van der Waals surface area contributed by atoms with Gasteiger partial charge in [-0.1, -0.05) is 6.42 Å². The van der Waals surface area contributed by atoms with Crippen LogP contribution in [0.1, 0.15) is 44.7 Å². The molecule has 0 aromatic carbocycles. The summed E-state index contributed by atoms with van der Waals surface area (Å²) >= 11 is 5.31. The van der Waals surface area contributed by atoms with Crippen molar-refractivity contribution in [2.75, 3.05) is 6.54 Å². The molecule has 1 aliphatic heterocycles. The lowest BCUT2D eigenvalue weighted by Gasteiger charge is -2.36. The Bertz CT molecular complexity index is 364. The summed E-state index contributed by atoms with van der Waals surface area (Å²) in [6, 6.07) is 3.44. The molecule has 17 heavy (non-hydrogen) atoms. The fourth-order valence-corrected chi connectivity index (χ4v) is 3.92. The third kappa shape index (κ3) is 3.11. The van der Waals surface area contributed by atoms with Crippen molar-refractivity contribution < 1.29 is 0 Å². The van der Waals surface area contributed by atoms with Crippen LogP contribution in [0.2, 0.25) is 0 Å². The van der Waals surface area contributed by atoms with E-state index in [9.17, 15) is 0 Å². The summed E-state index contributed by atoms with van der Waals surface area (Å²) in [6.45, 7) is 5.71. The molecular formula is C13H21BrN2S. The van der Waals surface area contributed by atoms with E-state index in [1.807, 2.05) is 0 Å². The first-order chi connectivity index (χ1) is 8.09. The van der Waals surface area contributed by atoms with Gasteiger partial charge in [-0.15, -0.1) is 11.3 Å². The van der Waals surface area contributed by atoms with E-state index in [0.29, 0.717) is 12.1 Å². The summed E-state index contributed by atoms with van der Waals surface area (Å²) in [4.78, 5) is 2.56. The van der Waals surface area contributed by atoms with Crippen LogP contribution in [0.25, 0.3) is 0 Å². The third-order valence-electron chi connectivity index (χ3n) is 3.56. The highest BCUT2D eigenvalue weighted by Gasteiger charge is 2.30. The predicted molar refractivity (Wildman–Crippen MR) is 78.4 cm³/mol. The zero-order chi connectivity index (χ0) is 12.4. The number of rotatable bonds is 2. The molecule has 2 atom stereocenters. The molecule has 0 radical (unpaired) electrons. The first-order valence-corrected chi connectivity index (χ1v) is 8.02. The van der Waals surface area contributed by atoms with Crippen molar-refractivity contribution in [1.82, 2.24) is 4.90 Å². The van der Waals surface area contributed by atoms with Crippen molar-refractivity contribution >= 4 is 27.3 Å². The topological polar surface area (TPSA) is 29.3 Å². The number of hydrogen-bond acceptors (Lipinski definition) is 3. The van der Waals surface area contributed by atoms with Crippen LogP contribution in [-0.2, 0) is 0 Å². The van der Waals surface area contributed by atoms with Gasteiger partial charge in [-0.2, -0.15) is 0 Å². The van der Waals surface area contributed by atoms with Crippen molar-refractivity contribution in [3.8, 4) is 0 Å². The van der Waals surface area contributed by atoms with Crippen molar-refractivity contribution in [2.24, 2.45) is 5.73 Å². The first kappa shape index (κ1) is 13.5. The minimum Gasteiger partial charge on any atom is -0.326 e. The Hall–Kier alpha value is 0.100. The van der Waals surface area contributed by atoms with Crippen molar-refractivity contribution in [3.63, 3.8) is 0 Å². The lowest BCUT2D eigenvalue weighted by atomic mass is 9.98. The number of halogens is 1. The summed E-state index contributed by atoms with van der Waals surface area (Å²) in [6.07, 6.45) is 3.67. The molecule has 2 nitrogen and oxygen atoms in total. The average molecular weight is 317 g/mol. The zero-order valence-electron chi connectivity index (χ0n) is 10.5. The normalized spacial score (nSPS) is 27.4. The first-order valence-electron chi connectivity index (χ1n) is 6.35. The highest BCUT2D eigenvalue weighted by Crippen LogP contribution is 2.34. The standard InChI is InChI=1S/C13H21BrN2S/c1-9(2)16-6-4-3-5-11(15)13(16)10-7-12(14)17-8-10/h7-9,11,13H,3-6,15H2,1-2H3. The minimum atomic E-state index is 0.265. The maximum absolute atomic E-state index is 6.40. The van der Waals surface area contributed by atoms with Crippen molar-refractivity contribution in [1.29, 1.82) is 0 Å². The summed E-state index contributed by atoms with van der Waals surface area (Å²) < 4.78 is 1.20. The highest BCUT2D eigenvalue weighted by molar-refractivity contribution is 9.11. The molecule has 1 aliphatic rings. The van der Waals surface area contributed by atoms with E-state index in [0.717, 1.165) is 6.42 Å². The monoisotopic (exact) mass is 316 g/mol. The molecule has 4 heteroatoms. The van der Waals surface area contributed by atoms with Gasteiger partial charge in [0.25, 0.3) is 0 Å². The molecule has 2 rings (SSSR count). The molecule has 2 heterocycles. The van der Waals surface area contributed by atoms with Gasteiger partial charge in [-0.05, 0) is 66.2 Å². The molecule has 0 amide bonds. The number of nitrogens with two attached hydrogens (primary N) is 1. The van der Waals surface area contributed by atoms with Gasteiger partial charge in [0.1, 0.15) is 0 Å². The van der Waals surface area contributed by atoms with Crippen molar-refractivity contribution in [2.45, 2.75) is 51.2 Å². The molecule has 0 saturated carbocycles. The molecular weight excluding hydrogens is 296 g/mol. The summed E-state index contributed by atoms with van der Waals surface area (Å²) in [5.41, 5.74) is 7.78. The predicted octanol–water partition coefficient (Wildman–Crippen LogP) is 3.77. The van der Waals surface area contributed by atoms with Crippen LogP contribution < -0.4 is 5.73 Å². The number of likely N-dealkylation sites (tertiary alicyclic amines) is 1.